The van der Waals surface area contributed by atoms with E-state index in [-0.39, 0.29) is 23.6 Å². The number of nitrogens with zero attached hydrogens (tertiary/aromatic N) is 6. The molecule has 1 unspecified atom stereocenters. The molecule has 0 saturated carbocycles. The lowest BCUT2D eigenvalue weighted by Crippen LogP contribution is -2.57. The molecule has 264 valence electrons. The normalized spacial score (nSPS) is 24.2. The molecule has 3 saturated heterocycles. The Hall–Kier alpha value is -5.13. The minimum atomic E-state index is -0.368. The molecule has 11 heteroatoms. The van der Waals surface area contributed by atoms with Crippen molar-refractivity contribution >= 4 is 44.8 Å². The summed E-state index contributed by atoms with van der Waals surface area (Å²) in [6.07, 6.45) is 6.73. The largest absolute Gasteiger partial charge is 0.371 e. The average Bonchev–Trinajstić information content (AvgIpc) is 3.98. The smallest absolute Gasteiger partial charge is 0.132 e. The van der Waals surface area contributed by atoms with Gasteiger partial charge in [0, 0.05) is 65.8 Å². The van der Waals surface area contributed by atoms with Crippen LogP contribution in [0, 0.1) is 5.82 Å². The van der Waals surface area contributed by atoms with E-state index >= 15 is 0 Å². The number of aromatic amines is 2. The number of benzene rings is 2. The summed E-state index contributed by atoms with van der Waals surface area (Å²) in [4.78, 5) is 26.5. The molecule has 2 N–H and O–H groups in total. The summed E-state index contributed by atoms with van der Waals surface area (Å²) in [5, 5.41) is 2.09. The molecule has 52 heavy (non-hydrogen) atoms. The first kappa shape index (κ1) is 30.5. The van der Waals surface area contributed by atoms with Gasteiger partial charge in [-0.05, 0) is 66.4 Å². The second-order valence-electron chi connectivity index (χ2n) is 15.1. The summed E-state index contributed by atoms with van der Waals surface area (Å²) in [5.41, 5.74) is 8.91. The highest BCUT2D eigenvalue weighted by Gasteiger charge is 2.57. The Morgan fingerprint density at radius 1 is 0.750 bits per heavy atom. The predicted octanol–water partition coefficient (Wildman–Crippen LogP) is 5.96. The topological polar surface area (TPSA) is 88.8 Å². The Bertz CT molecular complexity index is 2300. The molecule has 4 aromatic heterocycles. The van der Waals surface area contributed by atoms with Gasteiger partial charge in [0.2, 0.25) is 0 Å². The van der Waals surface area contributed by atoms with Crippen molar-refractivity contribution in [3.8, 4) is 0 Å². The zero-order valence-electron chi connectivity index (χ0n) is 29.0. The van der Waals surface area contributed by atoms with Gasteiger partial charge in [0.15, 0.2) is 0 Å². The van der Waals surface area contributed by atoms with E-state index in [1.807, 2.05) is 18.5 Å². The van der Waals surface area contributed by atoms with E-state index in [4.69, 9.17) is 19.4 Å². The number of H-pyrrole nitrogens is 2. The lowest BCUT2D eigenvalue weighted by molar-refractivity contribution is -0.120. The standard InChI is InChI=1S/C41H41FN8O2/c42-32-5-3-7-34-40(32)31-13-15-48(22-36(31)46-34)26-8-10-38(43-19-26)49-16-17-51-37(23-49)41-18-28(24-52-41)50(25-41)39-11-9-27(20-44-39)47-14-12-30-29-4-1-2-6-33(29)45-35(30)21-47/h1-11,19-20,28,37,45-46H,12-18,21-25H2/t28-,37?,41-/m0/s1. The van der Waals surface area contributed by atoms with Gasteiger partial charge in [0.05, 0.1) is 62.7 Å². The summed E-state index contributed by atoms with van der Waals surface area (Å²) >= 11 is 0. The number of para-hydroxylation sites is 1. The summed E-state index contributed by atoms with van der Waals surface area (Å²) in [6, 6.07) is 22.9. The number of ether oxygens (including phenoxy) is 2. The van der Waals surface area contributed by atoms with Crippen LogP contribution in [0.4, 0.5) is 27.4 Å². The molecule has 10 nitrogen and oxygen atoms in total. The number of nitrogens with one attached hydrogen (secondary N) is 2. The molecule has 0 radical (unpaired) electrons. The van der Waals surface area contributed by atoms with Crippen LogP contribution in [0.1, 0.15) is 28.9 Å². The maximum Gasteiger partial charge on any atom is 0.132 e. The van der Waals surface area contributed by atoms with Gasteiger partial charge in [-0.1, -0.05) is 24.3 Å². The average molecular weight is 697 g/mol. The van der Waals surface area contributed by atoms with Crippen molar-refractivity contribution in [1.82, 2.24) is 19.9 Å². The summed E-state index contributed by atoms with van der Waals surface area (Å²) in [7, 11) is 0. The van der Waals surface area contributed by atoms with E-state index in [0.717, 1.165) is 104 Å². The van der Waals surface area contributed by atoms with Gasteiger partial charge < -0.3 is 39.0 Å². The third kappa shape index (κ3) is 4.82. The first-order valence-corrected chi connectivity index (χ1v) is 18.6. The third-order valence-corrected chi connectivity index (χ3v) is 12.3. The minimum Gasteiger partial charge on any atom is -0.371 e. The van der Waals surface area contributed by atoms with Crippen molar-refractivity contribution in [1.29, 1.82) is 0 Å². The van der Waals surface area contributed by atoms with E-state index in [2.05, 4.69) is 78.1 Å². The molecule has 11 rings (SSSR count). The van der Waals surface area contributed by atoms with Crippen molar-refractivity contribution in [2.24, 2.45) is 0 Å². The molecule has 5 aliphatic heterocycles. The maximum atomic E-state index is 14.6. The van der Waals surface area contributed by atoms with Crippen molar-refractivity contribution < 1.29 is 13.9 Å². The molecule has 0 amide bonds. The minimum absolute atomic E-state index is 0.0567. The van der Waals surface area contributed by atoms with Crippen LogP contribution in [-0.2, 0) is 35.4 Å². The quantitative estimate of drug-likeness (QED) is 0.229. The van der Waals surface area contributed by atoms with Crippen LogP contribution in [0.5, 0.6) is 0 Å². The van der Waals surface area contributed by atoms with E-state index < -0.39 is 0 Å². The Morgan fingerprint density at radius 2 is 1.48 bits per heavy atom. The SMILES string of the molecule is Fc1cccc2[nH]c3c(c12)CCN(c1ccc(N2CCOC([C@@]45C[C@@H](CO4)N(c4ccc(N6CCc7c([nH]c8ccccc78)C6)cn4)C5)C2)nc1)C3. The van der Waals surface area contributed by atoms with Crippen LogP contribution in [0.15, 0.2) is 79.1 Å². The number of halogens is 1. The van der Waals surface area contributed by atoms with Crippen LogP contribution < -0.4 is 19.6 Å². The monoisotopic (exact) mass is 696 g/mol. The molecule has 2 bridgehead atoms. The highest BCUT2D eigenvalue weighted by atomic mass is 19.1. The molecule has 0 spiro atoms. The van der Waals surface area contributed by atoms with Gasteiger partial charge in [0.25, 0.3) is 0 Å². The molecular weight excluding hydrogens is 656 g/mol. The van der Waals surface area contributed by atoms with E-state index in [0.29, 0.717) is 19.8 Å². The summed E-state index contributed by atoms with van der Waals surface area (Å²) < 4.78 is 27.6. The van der Waals surface area contributed by atoms with Gasteiger partial charge in [-0.25, -0.2) is 14.4 Å². The van der Waals surface area contributed by atoms with Gasteiger partial charge in [-0.2, -0.15) is 0 Å². The Morgan fingerprint density at radius 3 is 2.29 bits per heavy atom. The number of rotatable bonds is 5. The lowest BCUT2D eigenvalue weighted by Gasteiger charge is -2.43. The van der Waals surface area contributed by atoms with Gasteiger partial charge >= 0.3 is 0 Å². The van der Waals surface area contributed by atoms with Gasteiger partial charge in [-0.3, -0.25) is 0 Å². The summed E-state index contributed by atoms with van der Waals surface area (Å²) in [5.74, 6) is 1.82. The number of anilines is 4. The first-order valence-electron chi connectivity index (χ1n) is 18.6. The fraction of sp³-hybridized carbons (Fsp3) is 0.366. The Kier molecular flexibility index (Phi) is 6.86. The lowest BCUT2D eigenvalue weighted by atomic mass is 9.94. The Labute approximate surface area is 301 Å². The highest BCUT2D eigenvalue weighted by Crippen LogP contribution is 2.44. The number of hydrogen-bond acceptors (Lipinski definition) is 8. The molecular formula is C41H41FN8O2. The highest BCUT2D eigenvalue weighted by molar-refractivity contribution is 5.86. The molecule has 5 aliphatic rings. The molecule has 3 atom stereocenters. The molecule has 3 fully saturated rings. The number of hydrogen-bond donors (Lipinski definition) is 2. The van der Waals surface area contributed by atoms with Crippen LogP contribution in [0.3, 0.4) is 0 Å². The zero-order valence-corrected chi connectivity index (χ0v) is 29.0. The zero-order chi connectivity index (χ0) is 34.4. The third-order valence-electron chi connectivity index (χ3n) is 12.3. The molecule has 2 aromatic carbocycles. The second kappa shape index (κ2) is 11.7. The molecule has 6 aromatic rings. The maximum absolute atomic E-state index is 14.6. The molecule has 9 heterocycles. The van der Waals surface area contributed by atoms with Crippen molar-refractivity contribution in [2.75, 3.05) is 65.5 Å². The van der Waals surface area contributed by atoms with Crippen molar-refractivity contribution in [2.45, 2.75) is 50.1 Å². The van der Waals surface area contributed by atoms with E-state index in [1.54, 1.807) is 12.1 Å². The van der Waals surface area contributed by atoms with Crippen LogP contribution in [-0.4, -0.2) is 83.6 Å². The van der Waals surface area contributed by atoms with E-state index in [9.17, 15) is 4.39 Å². The number of fused-ring (bicyclic) bond motifs is 8. The van der Waals surface area contributed by atoms with Crippen molar-refractivity contribution in [3.63, 3.8) is 0 Å². The van der Waals surface area contributed by atoms with Gasteiger partial charge in [0.1, 0.15) is 29.2 Å². The number of aromatic nitrogens is 4. The van der Waals surface area contributed by atoms with Crippen LogP contribution in [0.25, 0.3) is 21.8 Å². The fourth-order valence-electron chi connectivity index (χ4n) is 9.65. The van der Waals surface area contributed by atoms with Gasteiger partial charge in [-0.15, -0.1) is 0 Å². The second-order valence-corrected chi connectivity index (χ2v) is 15.1. The van der Waals surface area contributed by atoms with E-state index in [1.165, 1.54) is 22.2 Å². The van der Waals surface area contributed by atoms with Crippen LogP contribution >= 0.6 is 0 Å². The number of pyridine rings is 2. The molecule has 0 aliphatic carbocycles. The van der Waals surface area contributed by atoms with Crippen LogP contribution in [0.2, 0.25) is 0 Å². The Balaban J connectivity index is 0.753. The predicted molar refractivity (Wildman–Crippen MR) is 201 cm³/mol. The fourth-order valence-corrected chi connectivity index (χ4v) is 9.65. The number of morpholine rings is 2. The first-order chi connectivity index (χ1) is 25.6. The van der Waals surface area contributed by atoms with Crippen molar-refractivity contribution in [3.05, 3.63) is 107 Å². The summed E-state index contributed by atoms with van der Waals surface area (Å²) in [6.45, 7) is 7.01.